The number of fused-ring (bicyclic) bond motifs is 1. The van der Waals surface area contributed by atoms with Gasteiger partial charge in [-0.1, -0.05) is 19.4 Å². The normalized spacial score (nSPS) is 16.5. The van der Waals surface area contributed by atoms with E-state index in [0.29, 0.717) is 41.5 Å². The fraction of sp³-hybridized carbons (Fsp3) is 0.500. The lowest BCUT2D eigenvalue weighted by Gasteiger charge is -2.32. The summed E-state index contributed by atoms with van der Waals surface area (Å²) in [6.45, 7) is 4.87. The second-order valence-corrected chi connectivity index (χ2v) is 8.87. The van der Waals surface area contributed by atoms with Gasteiger partial charge in [0.1, 0.15) is 5.69 Å². The number of unbranched alkanes of at least 4 members (excludes halogenated alkanes) is 1. The van der Waals surface area contributed by atoms with Crippen LogP contribution in [0.4, 0.5) is 30.4 Å². The minimum absolute atomic E-state index is 0.0114. The number of amides is 1. The molecule has 1 aromatic carbocycles. The van der Waals surface area contributed by atoms with Crippen LogP contribution in [0.5, 0.6) is 5.88 Å². The van der Waals surface area contributed by atoms with Crippen molar-refractivity contribution in [2.75, 3.05) is 42.2 Å². The lowest BCUT2D eigenvalue weighted by molar-refractivity contribution is -0.137. The van der Waals surface area contributed by atoms with E-state index in [0.717, 1.165) is 44.8 Å². The molecule has 0 radical (unpaired) electrons. The van der Waals surface area contributed by atoms with Gasteiger partial charge in [-0.15, -0.1) is 0 Å². The summed E-state index contributed by atoms with van der Waals surface area (Å²) < 4.78 is 46.7. The molecule has 1 saturated heterocycles. The number of alkyl halides is 3. The summed E-state index contributed by atoms with van der Waals surface area (Å²) in [5, 5.41) is 2.72. The minimum Gasteiger partial charge on any atom is -0.478 e. The highest BCUT2D eigenvalue weighted by Crippen LogP contribution is 2.38. The maximum Gasteiger partial charge on any atom is 0.416 e. The molecule has 34 heavy (non-hydrogen) atoms. The number of nitrogen functional groups attached to an aromatic ring is 1. The number of pyridine rings is 1. The molecule has 0 saturated carbocycles. The van der Waals surface area contributed by atoms with E-state index >= 15 is 0 Å². The van der Waals surface area contributed by atoms with E-state index in [-0.39, 0.29) is 24.8 Å². The molecule has 0 atom stereocenters. The Balaban J connectivity index is 1.64. The van der Waals surface area contributed by atoms with Crippen molar-refractivity contribution in [3.63, 3.8) is 0 Å². The second kappa shape index (κ2) is 10.1. The molecule has 7 nitrogen and oxygen atoms in total. The molecule has 1 amide bonds. The van der Waals surface area contributed by atoms with Crippen molar-refractivity contribution in [3.05, 3.63) is 41.0 Å². The molecular weight excluding hydrogens is 447 g/mol. The molecule has 2 aliphatic heterocycles. The third kappa shape index (κ3) is 5.72. The van der Waals surface area contributed by atoms with Gasteiger partial charge in [0.15, 0.2) is 5.82 Å². The zero-order valence-corrected chi connectivity index (χ0v) is 19.2. The third-order valence-corrected chi connectivity index (χ3v) is 6.05. The van der Waals surface area contributed by atoms with Crippen LogP contribution in [-0.4, -0.2) is 42.0 Å². The number of anilines is 3. The van der Waals surface area contributed by atoms with Gasteiger partial charge < -0.3 is 20.7 Å². The van der Waals surface area contributed by atoms with Crippen LogP contribution in [-0.2, 0) is 24.1 Å². The van der Waals surface area contributed by atoms with Gasteiger partial charge in [-0.2, -0.15) is 18.2 Å². The second-order valence-electron chi connectivity index (χ2n) is 8.87. The number of nitrogens with two attached hydrogens (primary N) is 1. The fourth-order valence-corrected chi connectivity index (χ4v) is 4.41. The molecule has 4 rings (SSSR count). The molecule has 1 aromatic heterocycles. The Hall–Kier alpha value is -3.01. The molecular formula is C24H30F3N5O2. The van der Waals surface area contributed by atoms with Gasteiger partial charge in [0.2, 0.25) is 11.8 Å². The van der Waals surface area contributed by atoms with Gasteiger partial charge >= 0.3 is 6.18 Å². The number of nitrogens with one attached hydrogen (secondary N) is 1. The molecule has 0 unspecified atom stereocenters. The number of ether oxygens (including phenoxy) is 1. The Morgan fingerprint density at radius 3 is 2.50 bits per heavy atom. The van der Waals surface area contributed by atoms with E-state index < -0.39 is 11.7 Å². The molecule has 0 aliphatic carbocycles. The van der Waals surface area contributed by atoms with Crippen molar-refractivity contribution in [2.45, 2.75) is 51.9 Å². The molecule has 1 fully saturated rings. The number of hydrogen-bond donors (Lipinski definition) is 2. The molecule has 2 aliphatic rings. The summed E-state index contributed by atoms with van der Waals surface area (Å²) in [4.78, 5) is 20.4. The monoisotopic (exact) mass is 477 g/mol. The number of carbonyl (C=O) groups excluding carboxylic acids is 1. The highest BCUT2D eigenvalue weighted by molar-refractivity contribution is 6.04. The quantitative estimate of drug-likeness (QED) is 0.548. The number of likely N-dealkylation sites (tertiary alicyclic amines) is 1. The topological polar surface area (TPSA) is 83.7 Å². The largest absolute Gasteiger partial charge is 0.478 e. The number of carbonyl (C=O) groups is 1. The van der Waals surface area contributed by atoms with Crippen molar-refractivity contribution in [2.24, 2.45) is 0 Å². The first-order valence-corrected chi connectivity index (χ1v) is 11.6. The van der Waals surface area contributed by atoms with Crippen molar-refractivity contribution in [1.82, 2.24) is 9.88 Å². The average Bonchev–Trinajstić information content (AvgIpc) is 3.27. The first-order valence-electron chi connectivity index (χ1n) is 11.6. The van der Waals surface area contributed by atoms with Crippen LogP contribution in [0.25, 0.3) is 0 Å². The Morgan fingerprint density at radius 2 is 1.82 bits per heavy atom. The van der Waals surface area contributed by atoms with Crippen LogP contribution in [0.2, 0.25) is 0 Å². The Kier molecular flexibility index (Phi) is 7.16. The predicted molar refractivity (Wildman–Crippen MR) is 125 cm³/mol. The predicted octanol–water partition coefficient (Wildman–Crippen LogP) is 4.42. The van der Waals surface area contributed by atoms with Crippen LogP contribution < -0.4 is 20.7 Å². The van der Waals surface area contributed by atoms with Gasteiger partial charge in [0.25, 0.3) is 0 Å². The number of halogens is 3. The lowest BCUT2D eigenvalue weighted by atomic mass is 10.0. The maximum absolute atomic E-state index is 13.7. The molecule has 184 valence electrons. The summed E-state index contributed by atoms with van der Waals surface area (Å²) in [5.41, 5.74) is 7.42. The van der Waals surface area contributed by atoms with Crippen LogP contribution in [0.1, 0.15) is 49.3 Å². The van der Waals surface area contributed by atoms with E-state index in [2.05, 4.69) is 15.2 Å². The van der Waals surface area contributed by atoms with Gasteiger partial charge in [-0.3, -0.25) is 9.69 Å². The molecule has 0 bridgehead atoms. The number of rotatable bonds is 8. The lowest BCUT2D eigenvalue weighted by Crippen LogP contribution is -2.38. The van der Waals surface area contributed by atoms with Gasteiger partial charge in [0.05, 0.1) is 24.4 Å². The standard InChI is InChI=1S/C24H30F3N5O2/c1-2-3-8-34-21-12-19-22(23(28)30-21)29-20(33)15-32(19)14-17-9-16(13-31-6-4-5-7-31)10-18(11-17)24(25,26)27/h9-12H,2-8,13-15H2,1H3,(H2,28,30)(H,29,33). The first-order chi connectivity index (χ1) is 16.2. The zero-order valence-electron chi connectivity index (χ0n) is 19.2. The summed E-state index contributed by atoms with van der Waals surface area (Å²) in [5.74, 6) is 0.135. The van der Waals surface area contributed by atoms with E-state index in [1.165, 1.54) is 6.07 Å². The number of nitrogens with zero attached hydrogens (tertiary/aromatic N) is 3. The summed E-state index contributed by atoms with van der Waals surface area (Å²) in [6, 6.07) is 5.85. The highest BCUT2D eigenvalue weighted by atomic mass is 19.4. The molecule has 2 aromatic rings. The molecule has 0 spiro atoms. The Bertz CT molecular complexity index is 1040. The van der Waals surface area contributed by atoms with Crippen LogP contribution >= 0.6 is 0 Å². The van der Waals surface area contributed by atoms with Crippen LogP contribution in [0.3, 0.4) is 0 Å². The van der Waals surface area contributed by atoms with Crippen molar-refractivity contribution >= 4 is 23.1 Å². The van der Waals surface area contributed by atoms with E-state index in [9.17, 15) is 18.0 Å². The summed E-state index contributed by atoms with van der Waals surface area (Å²) >= 11 is 0. The van der Waals surface area contributed by atoms with E-state index in [4.69, 9.17) is 10.5 Å². The minimum atomic E-state index is -4.46. The van der Waals surface area contributed by atoms with Crippen LogP contribution in [0, 0.1) is 0 Å². The zero-order chi connectivity index (χ0) is 24.3. The fourth-order valence-electron chi connectivity index (χ4n) is 4.41. The molecule has 3 N–H and O–H groups in total. The smallest absolute Gasteiger partial charge is 0.416 e. The average molecular weight is 478 g/mol. The van der Waals surface area contributed by atoms with Crippen LogP contribution in [0.15, 0.2) is 24.3 Å². The SMILES string of the molecule is CCCCOc1cc2c(c(N)n1)NC(=O)CN2Cc1cc(CN2CCCC2)cc(C(F)(F)F)c1. The number of benzene rings is 1. The van der Waals surface area contributed by atoms with Crippen molar-refractivity contribution in [1.29, 1.82) is 0 Å². The summed E-state index contributed by atoms with van der Waals surface area (Å²) in [7, 11) is 0. The third-order valence-electron chi connectivity index (χ3n) is 6.05. The van der Waals surface area contributed by atoms with Gasteiger partial charge in [-0.25, -0.2) is 0 Å². The van der Waals surface area contributed by atoms with E-state index in [1.54, 1.807) is 17.0 Å². The number of hydrogen-bond acceptors (Lipinski definition) is 6. The first kappa shape index (κ1) is 24.1. The highest BCUT2D eigenvalue weighted by Gasteiger charge is 2.32. The van der Waals surface area contributed by atoms with E-state index in [1.807, 2.05) is 6.92 Å². The molecule has 10 heteroatoms. The van der Waals surface area contributed by atoms with Crippen molar-refractivity contribution in [3.8, 4) is 5.88 Å². The summed E-state index contributed by atoms with van der Waals surface area (Å²) in [6.07, 6.45) is -0.532. The maximum atomic E-state index is 13.7. The number of aromatic nitrogens is 1. The van der Waals surface area contributed by atoms with Gasteiger partial charge in [-0.05, 0) is 55.6 Å². The van der Waals surface area contributed by atoms with Gasteiger partial charge in [0, 0.05) is 19.2 Å². The Morgan fingerprint density at radius 1 is 1.12 bits per heavy atom. The van der Waals surface area contributed by atoms with Crippen molar-refractivity contribution < 1.29 is 22.7 Å². The Labute approximate surface area is 197 Å². The molecule has 3 heterocycles.